The van der Waals surface area contributed by atoms with Crippen molar-refractivity contribution in [2.45, 2.75) is 58.8 Å². The number of halogens is 1. The molecule has 154 valence electrons. The molecule has 0 aliphatic carbocycles. The highest BCUT2D eigenvalue weighted by Crippen LogP contribution is 2.40. The zero-order valence-electron chi connectivity index (χ0n) is 16.8. The number of amides is 1. The number of benzene rings is 2. The molecule has 2 aromatic carbocycles. The quantitative estimate of drug-likeness (QED) is 0.784. The number of hydrogen-bond acceptors (Lipinski definition) is 4. The number of rotatable bonds is 5. The summed E-state index contributed by atoms with van der Waals surface area (Å²) < 4.78 is 32.5. The molecule has 6 heteroatoms. The normalized spacial score (nSPS) is 18.7. The first-order valence-electron chi connectivity index (χ1n) is 10.1. The Balaban J connectivity index is 1.63. The smallest absolute Gasteiger partial charge is 0.224 e. The summed E-state index contributed by atoms with van der Waals surface area (Å²) in [4.78, 5) is 11.9. The summed E-state index contributed by atoms with van der Waals surface area (Å²) in [5, 5.41) is 2.65. The van der Waals surface area contributed by atoms with Gasteiger partial charge in [-0.25, -0.2) is 4.39 Å². The van der Waals surface area contributed by atoms with E-state index in [1.165, 1.54) is 0 Å². The number of hydrogen-bond donors (Lipinski definition) is 1. The molecule has 2 heterocycles. The van der Waals surface area contributed by atoms with Crippen molar-refractivity contribution in [2.24, 2.45) is 0 Å². The van der Waals surface area contributed by atoms with Gasteiger partial charge in [0.2, 0.25) is 5.91 Å². The maximum atomic E-state index is 15.1. The molecule has 0 spiro atoms. The second-order valence-corrected chi connectivity index (χ2v) is 7.79. The largest absolute Gasteiger partial charge is 0.488 e. The maximum absolute atomic E-state index is 15.1. The number of aryl methyl sites for hydroxylation is 2. The van der Waals surface area contributed by atoms with Crippen molar-refractivity contribution in [3.63, 3.8) is 0 Å². The van der Waals surface area contributed by atoms with E-state index in [1.807, 2.05) is 13.8 Å². The molecular formula is C23H26FNO4. The van der Waals surface area contributed by atoms with Crippen LogP contribution in [0.1, 0.15) is 47.9 Å². The summed E-state index contributed by atoms with van der Waals surface area (Å²) in [5.41, 5.74) is 4.19. The van der Waals surface area contributed by atoms with Crippen molar-refractivity contribution in [1.82, 2.24) is 0 Å². The Bertz CT molecular complexity index is 901. The van der Waals surface area contributed by atoms with Crippen LogP contribution in [-0.4, -0.2) is 18.8 Å². The van der Waals surface area contributed by atoms with Gasteiger partial charge in [-0.3, -0.25) is 4.79 Å². The van der Waals surface area contributed by atoms with E-state index in [2.05, 4.69) is 23.5 Å². The number of carbonyl (C=O) groups is 1. The van der Waals surface area contributed by atoms with Crippen LogP contribution in [-0.2, 0) is 22.6 Å². The fraction of sp³-hybridized carbons (Fsp3) is 0.435. The summed E-state index contributed by atoms with van der Waals surface area (Å²) in [6.07, 6.45) is 2.92. The van der Waals surface area contributed by atoms with E-state index in [9.17, 15) is 4.79 Å². The van der Waals surface area contributed by atoms with E-state index >= 15 is 4.39 Å². The lowest BCUT2D eigenvalue weighted by atomic mass is 10.0. The molecule has 0 saturated carbocycles. The summed E-state index contributed by atoms with van der Waals surface area (Å²) in [6, 6.07) is 7.83. The average Bonchev–Trinajstić information content (AvgIpc) is 2.69. The van der Waals surface area contributed by atoms with Crippen molar-refractivity contribution in [1.29, 1.82) is 0 Å². The lowest BCUT2D eigenvalue weighted by molar-refractivity contribution is -0.116. The van der Waals surface area contributed by atoms with Gasteiger partial charge in [0, 0.05) is 24.5 Å². The Kier molecular flexibility index (Phi) is 5.72. The first-order valence-corrected chi connectivity index (χ1v) is 10.1. The zero-order chi connectivity index (χ0) is 20.4. The molecular weight excluding hydrogens is 373 g/mol. The second-order valence-electron chi connectivity index (χ2n) is 7.79. The van der Waals surface area contributed by atoms with E-state index in [0.717, 1.165) is 29.5 Å². The van der Waals surface area contributed by atoms with Gasteiger partial charge in [-0.15, -0.1) is 0 Å². The van der Waals surface area contributed by atoms with E-state index in [-0.39, 0.29) is 17.3 Å². The number of nitrogens with one attached hydrogen (secondary N) is 1. The predicted molar refractivity (Wildman–Crippen MR) is 108 cm³/mol. The Morgan fingerprint density at radius 2 is 1.90 bits per heavy atom. The van der Waals surface area contributed by atoms with Gasteiger partial charge in [-0.2, -0.15) is 0 Å². The number of fused-ring (bicyclic) bond motifs is 1. The van der Waals surface area contributed by atoms with Crippen LogP contribution in [0.3, 0.4) is 0 Å². The first-order chi connectivity index (χ1) is 14.0. The van der Waals surface area contributed by atoms with E-state index in [4.69, 9.17) is 14.2 Å². The lowest BCUT2D eigenvalue weighted by Crippen LogP contribution is -2.26. The predicted octanol–water partition coefficient (Wildman–Crippen LogP) is 4.81. The molecule has 1 fully saturated rings. The number of carbonyl (C=O) groups excluding carboxylic acids is 1. The highest BCUT2D eigenvalue weighted by Gasteiger charge is 2.27. The molecule has 0 aromatic heterocycles. The minimum Gasteiger partial charge on any atom is -0.488 e. The second kappa shape index (κ2) is 8.41. The van der Waals surface area contributed by atoms with Gasteiger partial charge in [0.15, 0.2) is 17.9 Å². The van der Waals surface area contributed by atoms with Crippen LogP contribution in [0.25, 0.3) is 0 Å². The molecule has 2 aromatic rings. The third-order valence-corrected chi connectivity index (χ3v) is 5.24. The van der Waals surface area contributed by atoms with Gasteiger partial charge in [0.1, 0.15) is 12.4 Å². The lowest BCUT2D eigenvalue weighted by Gasteiger charge is -2.26. The van der Waals surface area contributed by atoms with Gasteiger partial charge in [0.25, 0.3) is 0 Å². The van der Waals surface area contributed by atoms with Crippen LogP contribution in [0, 0.1) is 19.7 Å². The van der Waals surface area contributed by atoms with Crippen LogP contribution < -0.4 is 14.8 Å². The topological polar surface area (TPSA) is 56.8 Å². The van der Waals surface area contributed by atoms with Gasteiger partial charge in [-0.05, 0) is 38.7 Å². The first kappa shape index (κ1) is 19.7. The third kappa shape index (κ3) is 4.53. The van der Waals surface area contributed by atoms with Crippen molar-refractivity contribution in [3.8, 4) is 11.5 Å². The van der Waals surface area contributed by atoms with Gasteiger partial charge in [0.05, 0.1) is 12.3 Å². The maximum Gasteiger partial charge on any atom is 0.224 e. The molecule has 2 aliphatic heterocycles. The van der Waals surface area contributed by atoms with Crippen LogP contribution in [0.4, 0.5) is 10.1 Å². The van der Waals surface area contributed by atoms with Crippen molar-refractivity contribution < 1.29 is 23.4 Å². The Labute approximate surface area is 170 Å². The summed E-state index contributed by atoms with van der Waals surface area (Å²) in [7, 11) is 0. The SMILES string of the molecule is Cc1cc(C)cc(COc2cc(OC3CCCCO3)c(F)c3c2CCC(=O)N3)c1. The molecule has 29 heavy (non-hydrogen) atoms. The fourth-order valence-electron chi connectivity index (χ4n) is 3.94. The average molecular weight is 399 g/mol. The molecule has 5 nitrogen and oxygen atoms in total. The highest BCUT2D eigenvalue weighted by atomic mass is 19.1. The van der Waals surface area contributed by atoms with Crippen LogP contribution in [0.5, 0.6) is 11.5 Å². The Morgan fingerprint density at radius 3 is 2.62 bits per heavy atom. The minimum atomic E-state index is -0.569. The molecule has 1 atom stereocenters. The van der Waals surface area contributed by atoms with Crippen LogP contribution in [0.15, 0.2) is 24.3 Å². The van der Waals surface area contributed by atoms with E-state index in [1.54, 1.807) is 6.07 Å². The van der Waals surface area contributed by atoms with Crippen LogP contribution in [0.2, 0.25) is 0 Å². The summed E-state index contributed by atoms with van der Waals surface area (Å²) in [5.74, 6) is -0.191. The number of anilines is 1. The Morgan fingerprint density at radius 1 is 1.10 bits per heavy atom. The summed E-state index contributed by atoms with van der Waals surface area (Å²) in [6.45, 7) is 5.04. The van der Waals surface area contributed by atoms with Crippen molar-refractivity contribution >= 4 is 11.6 Å². The Hall–Kier alpha value is -2.60. The van der Waals surface area contributed by atoms with Crippen molar-refractivity contribution in [2.75, 3.05) is 11.9 Å². The molecule has 1 unspecified atom stereocenters. The number of ether oxygens (including phenoxy) is 3. The van der Waals surface area contributed by atoms with Crippen molar-refractivity contribution in [3.05, 3.63) is 52.3 Å². The fourth-order valence-corrected chi connectivity index (χ4v) is 3.94. The molecule has 1 saturated heterocycles. The molecule has 1 amide bonds. The van der Waals surface area contributed by atoms with Gasteiger partial charge >= 0.3 is 0 Å². The van der Waals surface area contributed by atoms with Gasteiger partial charge in [-0.1, -0.05) is 29.3 Å². The van der Waals surface area contributed by atoms with E-state index < -0.39 is 12.1 Å². The van der Waals surface area contributed by atoms with E-state index in [0.29, 0.717) is 43.8 Å². The molecule has 0 bridgehead atoms. The molecule has 2 aliphatic rings. The summed E-state index contributed by atoms with van der Waals surface area (Å²) >= 11 is 0. The monoisotopic (exact) mass is 399 g/mol. The third-order valence-electron chi connectivity index (χ3n) is 5.24. The van der Waals surface area contributed by atoms with Gasteiger partial charge < -0.3 is 19.5 Å². The molecule has 1 N–H and O–H groups in total. The molecule has 4 rings (SSSR count). The minimum absolute atomic E-state index is 0.0493. The zero-order valence-corrected chi connectivity index (χ0v) is 16.8. The standard InChI is InChI=1S/C23H26FNO4/c1-14-9-15(2)11-16(10-14)13-28-18-12-19(29-21-5-3-4-8-27-21)22(24)23-17(18)6-7-20(26)25-23/h9-12,21H,3-8,13H2,1-2H3,(H,25,26). The molecule has 0 radical (unpaired) electrons. The van der Waals surface area contributed by atoms with Crippen LogP contribution >= 0.6 is 0 Å². The highest BCUT2D eigenvalue weighted by molar-refractivity contribution is 5.95.